The summed E-state index contributed by atoms with van der Waals surface area (Å²) >= 11 is 0. The minimum absolute atomic E-state index is 0.362. The molecule has 0 aliphatic heterocycles. The van der Waals surface area contributed by atoms with Crippen LogP contribution in [0.2, 0.25) is 0 Å². The van der Waals surface area contributed by atoms with E-state index in [4.69, 9.17) is 10.5 Å². The highest BCUT2D eigenvalue weighted by atomic mass is 16.5. The van der Waals surface area contributed by atoms with Crippen LogP contribution in [0.5, 0.6) is 5.75 Å². The number of rotatable bonds is 3. The molecule has 2 heterocycles. The zero-order chi connectivity index (χ0) is 13.2. The number of hydrogen-bond acceptors (Lipinski definition) is 4. The van der Waals surface area contributed by atoms with Crippen LogP contribution in [-0.2, 0) is 13.7 Å². The molecular weight excluding hydrogens is 240 g/mol. The van der Waals surface area contributed by atoms with E-state index in [1.807, 2.05) is 48.0 Å². The summed E-state index contributed by atoms with van der Waals surface area (Å²) in [7, 11) is 1.93. The van der Waals surface area contributed by atoms with Crippen molar-refractivity contribution in [2.75, 3.05) is 5.73 Å². The van der Waals surface area contributed by atoms with Crippen LogP contribution in [0, 0.1) is 0 Å². The zero-order valence-corrected chi connectivity index (χ0v) is 10.6. The number of anilines is 1. The molecule has 3 aromatic rings. The van der Waals surface area contributed by atoms with Gasteiger partial charge < -0.3 is 15.0 Å². The van der Waals surface area contributed by atoms with Gasteiger partial charge in [-0.25, -0.2) is 9.97 Å². The summed E-state index contributed by atoms with van der Waals surface area (Å²) in [6.07, 6.45) is 1.75. The summed E-state index contributed by atoms with van der Waals surface area (Å²) in [4.78, 5) is 8.79. The molecule has 0 bridgehead atoms. The lowest BCUT2D eigenvalue weighted by Gasteiger charge is -2.08. The van der Waals surface area contributed by atoms with Crippen molar-refractivity contribution in [3.8, 4) is 5.75 Å². The van der Waals surface area contributed by atoms with Gasteiger partial charge in [-0.1, -0.05) is 12.1 Å². The molecule has 5 heteroatoms. The third-order valence-corrected chi connectivity index (χ3v) is 3.00. The Labute approximate surface area is 110 Å². The maximum Gasteiger partial charge on any atom is 0.159 e. The van der Waals surface area contributed by atoms with Crippen LogP contribution in [0.25, 0.3) is 11.2 Å². The monoisotopic (exact) mass is 254 g/mol. The van der Waals surface area contributed by atoms with Crippen LogP contribution < -0.4 is 10.5 Å². The summed E-state index contributed by atoms with van der Waals surface area (Å²) in [5, 5.41) is 0. The van der Waals surface area contributed by atoms with Gasteiger partial charge in [0.15, 0.2) is 5.65 Å². The summed E-state index contributed by atoms with van der Waals surface area (Å²) in [5.74, 6) is 1.49. The molecule has 0 saturated heterocycles. The highest BCUT2D eigenvalue weighted by Gasteiger charge is 2.09. The lowest BCUT2D eigenvalue weighted by atomic mass is 10.3. The summed E-state index contributed by atoms with van der Waals surface area (Å²) < 4.78 is 7.62. The fourth-order valence-electron chi connectivity index (χ4n) is 1.95. The number of imidazole rings is 1. The molecule has 0 unspecified atom stereocenters. The molecule has 2 N–H and O–H groups in total. The molecular formula is C14H14N4O. The van der Waals surface area contributed by atoms with Crippen molar-refractivity contribution < 1.29 is 4.74 Å². The van der Waals surface area contributed by atoms with E-state index in [-0.39, 0.29) is 0 Å². The minimum atomic E-state index is 0.362. The normalized spacial score (nSPS) is 10.8. The van der Waals surface area contributed by atoms with Gasteiger partial charge in [-0.05, 0) is 24.3 Å². The Morgan fingerprint density at radius 3 is 2.84 bits per heavy atom. The molecule has 19 heavy (non-hydrogen) atoms. The molecule has 2 aromatic heterocycles. The second kappa shape index (κ2) is 4.61. The number of pyridine rings is 1. The maximum absolute atomic E-state index is 5.83. The molecule has 0 atom stereocenters. The molecule has 0 aliphatic rings. The van der Waals surface area contributed by atoms with Gasteiger partial charge in [-0.2, -0.15) is 0 Å². The highest BCUT2D eigenvalue weighted by Crippen LogP contribution is 2.21. The van der Waals surface area contributed by atoms with Gasteiger partial charge in [0.25, 0.3) is 0 Å². The second-order valence-corrected chi connectivity index (χ2v) is 4.26. The highest BCUT2D eigenvalue weighted by molar-refractivity contribution is 5.70. The Bertz CT molecular complexity index is 720. The first-order valence-corrected chi connectivity index (χ1v) is 5.99. The van der Waals surface area contributed by atoms with E-state index in [0.717, 1.165) is 17.0 Å². The van der Waals surface area contributed by atoms with Gasteiger partial charge in [-0.15, -0.1) is 0 Å². The Kier molecular flexibility index (Phi) is 2.79. The molecule has 0 fully saturated rings. The first-order valence-electron chi connectivity index (χ1n) is 5.99. The van der Waals surface area contributed by atoms with Gasteiger partial charge in [0.2, 0.25) is 0 Å². The topological polar surface area (TPSA) is 66.0 Å². The fraction of sp³-hybridized carbons (Fsp3) is 0.143. The molecule has 1 aromatic carbocycles. The van der Waals surface area contributed by atoms with Crippen molar-refractivity contribution in [3.63, 3.8) is 0 Å². The average Bonchev–Trinajstić information content (AvgIpc) is 2.75. The SMILES string of the molecule is Cn1c(COc2ccccc2N)nc2cccnc21. The number of fused-ring (bicyclic) bond motifs is 1. The first-order chi connectivity index (χ1) is 9.25. The van der Waals surface area contributed by atoms with E-state index in [1.54, 1.807) is 6.20 Å². The van der Waals surface area contributed by atoms with Crippen molar-refractivity contribution in [2.24, 2.45) is 7.05 Å². The Balaban J connectivity index is 1.86. The van der Waals surface area contributed by atoms with Crippen molar-refractivity contribution in [1.29, 1.82) is 0 Å². The fourth-order valence-corrected chi connectivity index (χ4v) is 1.95. The second-order valence-electron chi connectivity index (χ2n) is 4.26. The number of nitrogens with two attached hydrogens (primary N) is 1. The van der Waals surface area contributed by atoms with E-state index >= 15 is 0 Å². The molecule has 3 rings (SSSR count). The van der Waals surface area contributed by atoms with E-state index < -0.39 is 0 Å². The van der Waals surface area contributed by atoms with Crippen molar-refractivity contribution in [2.45, 2.75) is 6.61 Å². The molecule has 96 valence electrons. The number of hydrogen-bond donors (Lipinski definition) is 1. The predicted molar refractivity (Wildman–Crippen MR) is 73.7 cm³/mol. The molecule has 5 nitrogen and oxygen atoms in total. The van der Waals surface area contributed by atoms with Crippen LogP contribution >= 0.6 is 0 Å². The Morgan fingerprint density at radius 2 is 2.05 bits per heavy atom. The van der Waals surface area contributed by atoms with E-state index in [1.165, 1.54) is 0 Å². The smallest absolute Gasteiger partial charge is 0.159 e. The third kappa shape index (κ3) is 2.10. The van der Waals surface area contributed by atoms with Crippen molar-refractivity contribution >= 4 is 16.9 Å². The number of aromatic nitrogens is 3. The lowest BCUT2D eigenvalue weighted by molar-refractivity contribution is 0.294. The predicted octanol–water partition coefficient (Wildman–Crippen LogP) is 2.13. The standard InChI is InChI=1S/C14H14N4O/c1-18-13(17-11-6-4-8-16-14(11)18)9-19-12-7-3-2-5-10(12)15/h2-8H,9,15H2,1H3. The van der Waals surface area contributed by atoms with Gasteiger partial charge in [0, 0.05) is 13.2 Å². The van der Waals surface area contributed by atoms with Gasteiger partial charge >= 0.3 is 0 Å². The number of aryl methyl sites for hydroxylation is 1. The molecule has 0 spiro atoms. The number of benzene rings is 1. The van der Waals surface area contributed by atoms with Crippen molar-refractivity contribution in [1.82, 2.24) is 14.5 Å². The van der Waals surface area contributed by atoms with Gasteiger partial charge in [-0.3, -0.25) is 0 Å². The number of nitrogens with zero attached hydrogens (tertiary/aromatic N) is 3. The van der Waals surface area contributed by atoms with Crippen molar-refractivity contribution in [3.05, 3.63) is 48.4 Å². The molecule has 0 amide bonds. The zero-order valence-electron chi connectivity index (χ0n) is 10.6. The number of nitrogen functional groups attached to an aromatic ring is 1. The van der Waals surface area contributed by atoms with Gasteiger partial charge in [0.1, 0.15) is 23.7 Å². The van der Waals surface area contributed by atoms with Crippen LogP contribution in [0.15, 0.2) is 42.6 Å². The minimum Gasteiger partial charge on any atom is -0.484 e. The quantitative estimate of drug-likeness (QED) is 0.727. The molecule has 0 aliphatic carbocycles. The average molecular weight is 254 g/mol. The van der Waals surface area contributed by atoms with E-state index in [0.29, 0.717) is 18.0 Å². The summed E-state index contributed by atoms with van der Waals surface area (Å²) in [5.41, 5.74) is 8.17. The summed E-state index contributed by atoms with van der Waals surface area (Å²) in [6, 6.07) is 11.2. The molecule has 0 saturated carbocycles. The number of ether oxygens (including phenoxy) is 1. The van der Waals surface area contributed by atoms with Crippen LogP contribution in [0.4, 0.5) is 5.69 Å². The van der Waals surface area contributed by atoms with Crippen LogP contribution in [0.3, 0.4) is 0 Å². The lowest BCUT2D eigenvalue weighted by Crippen LogP contribution is -2.04. The van der Waals surface area contributed by atoms with Gasteiger partial charge in [0.05, 0.1) is 5.69 Å². The largest absolute Gasteiger partial charge is 0.484 e. The molecule has 0 radical (unpaired) electrons. The Hall–Kier alpha value is -2.56. The van der Waals surface area contributed by atoms with Crippen LogP contribution in [0.1, 0.15) is 5.82 Å². The van der Waals surface area contributed by atoms with E-state index in [9.17, 15) is 0 Å². The maximum atomic E-state index is 5.83. The number of para-hydroxylation sites is 2. The summed E-state index contributed by atoms with van der Waals surface area (Å²) in [6.45, 7) is 0.362. The Morgan fingerprint density at radius 1 is 1.21 bits per heavy atom. The first kappa shape index (κ1) is 11.5. The van der Waals surface area contributed by atoms with Crippen LogP contribution in [-0.4, -0.2) is 14.5 Å². The van der Waals surface area contributed by atoms with E-state index in [2.05, 4.69) is 9.97 Å². The third-order valence-electron chi connectivity index (χ3n) is 3.00.